The number of pyridine rings is 1. The molecule has 2 N–H and O–H groups in total. The van der Waals surface area contributed by atoms with Crippen LogP contribution in [-0.4, -0.2) is 31.0 Å². The lowest BCUT2D eigenvalue weighted by atomic mass is 10.0. The summed E-state index contributed by atoms with van der Waals surface area (Å²) in [6.45, 7) is 2.31. The number of aryl methyl sites for hydroxylation is 1. The largest absolute Gasteiger partial charge is 0.491 e. The van der Waals surface area contributed by atoms with Crippen LogP contribution in [0.2, 0.25) is 0 Å². The van der Waals surface area contributed by atoms with Gasteiger partial charge in [0, 0.05) is 17.8 Å². The lowest BCUT2D eigenvalue weighted by molar-refractivity contribution is 0.252. The average molecular weight is 343 g/mol. The number of para-hydroxylation sites is 1. The van der Waals surface area contributed by atoms with E-state index >= 15 is 0 Å². The molecule has 3 heterocycles. The highest BCUT2D eigenvalue weighted by Crippen LogP contribution is 2.29. The van der Waals surface area contributed by atoms with Crippen molar-refractivity contribution in [2.24, 2.45) is 0 Å². The van der Waals surface area contributed by atoms with Crippen LogP contribution in [0, 0.1) is 6.92 Å². The second-order valence-corrected chi connectivity index (χ2v) is 7.63. The topological polar surface area (TPSA) is 84.1 Å². The zero-order chi connectivity index (χ0) is 16.7. The normalized spacial score (nSPS) is 17.5. The fourth-order valence-corrected chi connectivity index (χ4v) is 4.49. The van der Waals surface area contributed by atoms with Crippen LogP contribution in [0.25, 0.3) is 11.0 Å². The highest BCUT2D eigenvalue weighted by molar-refractivity contribution is 7.89. The number of rotatable bonds is 3. The number of nitrogens with one attached hydrogen (secondary N) is 2. The van der Waals surface area contributed by atoms with Gasteiger partial charge >= 0.3 is 0 Å². The molecule has 24 heavy (non-hydrogen) atoms. The van der Waals surface area contributed by atoms with Gasteiger partial charge in [0.1, 0.15) is 22.9 Å². The number of hydrogen-bond acceptors (Lipinski definition) is 4. The molecule has 3 aromatic rings. The van der Waals surface area contributed by atoms with Crippen molar-refractivity contribution in [1.29, 1.82) is 0 Å². The molecular weight excluding hydrogens is 326 g/mol. The molecule has 6 nitrogen and oxygen atoms in total. The molecule has 0 saturated carbocycles. The van der Waals surface area contributed by atoms with Crippen LogP contribution in [0.15, 0.2) is 47.6 Å². The molecule has 1 unspecified atom stereocenters. The Morgan fingerprint density at radius 1 is 1.29 bits per heavy atom. The van der Waals surface area contributed by atoms with Gasteiger partial charge in [-0.3, -0.25) is 0 Å². The number of aromatic amines is 1. The van der Waals surface area contributed by atoms with E-state index in [2.05, 4.69) is 14.7 Å². The smallest absolute Gasteiger partial charge is 0.243 e. The van der Waals surface area contributed by atoms with Gasteiger partial charge in [-0.25, -0.2) is 18.1 Å². The van der Waals surface area contributed by atoms with Crippen molar-refractivity contribution in [2.75, 3.05) is 6.61 Å². The van der Waals surface area contributed by atoms with Gasteiger partial charge in [-0.2, -0.15) is 0 Å². The van der Waals surface area contributed by atoms with E-state index in [4.69, 9.17) is 4.74 Å². The Bertz CT molecular complexity index is 1010. The Morgan fingerprint density at radius 2 is 2.17 bits per heavy atom. The maximum atomic E-state index is 12.7. The molecule has 2 aromatic heterocycles. The maximum Gasteiger partial charge on any atom is 0.243 e. The summed E-state index contributed by atoms with van der Waals surface area (Å²) >= 11 is 0. The molecule has 1 aliphatic heterocycles. The van der Waals surface area contributed by atoms with E-state index in [1.807, 2.05) is 25.1 Å². The number of aromatic nitrogens is 2. The number of nitrogens with zero attached hydrogens (tertiary/aromatic N) is 1. The predicted molar refractivity (Wildman–Crippen MR) is 90.6 cm³/mol. The zero-order valence-corrected chi connectivity index (χ0v) is 13.9. The Kier molecular flexibility index (Phi) is 3.54. The van der Waals surface area contributed by atoms with E-state index < -0.39 is 10.0 Å². The van der Waals surface area contributed by atoms with Gasteiger partial charge in [-0.05, 0) is 36.6 Å². The Labute approximate surface area is 139 Å². The lowest BCUT2D eigenvalue weighted by Crippen LogP contribution is -2.42. The summed E-state index contributed by atoms with van der Waals surface area (Å²) < 4.78 is 34.0. The van der Waals surface area contributed by atoms with E-state index in [1.165, 1.54) is 6.20 Å². The number of H-pyrrole nitrogens is 1. The Balaban J connectivity index is 1.61. The average Bonchev–Trinajstić information content (AvgIpc) is 2.99. The Hall–Kier alpha value is -2.38. The predicted octanol–water partition coefficient (Wildman–Crippen LogP) is 2.15. The highest BCUT2D eigenvalue weighted by Gasteiger charge is 2.27. The third-order valence-electron chi connectivity index (χ3n) is 4.21. The third-order valence-corrected chi connectivity index (χ3v) is 5.77. The molecule has 124 valence electrons. The summed E-state index contributed by atoms with van der Waals surface area (Å²) in [4.78, 5) is 7.23. The van der Waals surface area contributed by atoms with Crippen LogP contribution in [0.1, 0.15) is 11.1 Å². The molecule has 7 heteroatoms. The van der Waals surface area contributed by atoms with Crippen molar-refractivity contribution in [2.45, 2.75) is 24.3 Å². The van der Waals surface area contributed by atoms with Crippen molar-refractivity contribution < 1.29 is 13.2 Å². The van der Waals surface area contributed by atoms with Crippen molar-refractivity contribution in [3.63, 3.8) is 0 Å². The summed E-state index contributed by atoms with van der Waals surface area (Å²) in [6.07, 6.45) is 3.70. The molecule has 0 radical (unpaired) electrons. The number of sulfonamides is 1. The summed E-state index contributed by atoms with van der Waals surface area (Å²) in [5.74, 6) is 0.865. The molecule has 0 fully saturated rings. The number of fused-ring (bicyclic) bond motifs is 2. The number of hydrogen-bond donors (Lipinski definition) is 2. The van der Waals surface area contributed by atoms with Gasteiger partial charge in [-0.15, -0.1) is 0 Å². The van der Waals surface area contributed by atoms with E-state index in [1.54, 1.807) is 18.3 Å². The first-order chi connectivity index (χ1) is 11.5. The van der Waals surface area contributed by atoms with Gasteiger partial charge in [0.05, 0.1) is 6.04 Å². The van der Waals surface area contributed by atoms with Crippen LogP contribution in [0.4, 0.5) is 0 Å². The maximum absolute atomic E-state index is 12.7. The van der Waals surface area contributed by atoms with Crippen molar-refractivity contribution in [3.05, 3.63) is 53.9 Å². The summed E-state index contributed by atoms with van der Waals surface area (Å²) in [6, 6.07) is 9.08. The van der Waals surface area contributed by atoms with Crippen molar-refractivity contribution >= 4 is 21.1 Å². The zero-order valence-electron chi connectivity index (χ0n) is 13.1. The summed E-state index contributed by atoms with van der Waals surface area (Å²) in [5, 5.41) is 0.581. The molecule has 0 saturated heterocycles. The lowest BCUT2D eigenvalue weighted by Gasteiger charge is -2.27. The van der Waals surface area contributed by atoms with E-state index in [9.17, 15) is 8.42 Å². The first-order valence-electron chi connectivity index (χ1n) is 7.70. The Morgan fingerprint density at radius 3 is 3.04 bits per heavy atom. The minimum atomic E-state index is -3.66. The van der Waals surface area contributed by atoms with Crippen molar-refractivity contribution in [3.8, 4) is 5.75 Å². The van der Waals surface area contributed by atoms with Crippen LogP contribution < -0.4 is 9.46 Å². The molecule has 0 aliphatic carbocycles. The van der Waals surface area contributed by atoms with Gasteiger partial charge in [0.2, 0.25) is 10.0 Å². The molecule has 0 spiro atoms. The fraction of sp³-hybridized carbons (Fsp3) is 0.235. The minimum absolute atomic E-state index is 0.209. The second-order valence-electron chi connectivity index (χ2n) is 5.95. The number of ether oxygens (including phenoxy) is 1. The van der Waals surface area contributed by atoms with Gasteiger partial charge in [0.25, 0.3) is 0 Å². The minimum Gasteiger partial charge on any atom is -0.491 e. The SMILES string of the molecule is Cc1cccc2c1OCC(NS(=O)(=O)c1c[nH]c3ncccc13)C2. The molecule has 4 rings (SSSR count). The second kappa shape index (κ2) is 5.61. The van der Waals surface area contributed by atoms with Gasteiger partial charge < -0.3 is 9.72 Å². The van der Waals surface area contributed by atoms with Crippen LogP contribution in [-0.2, 0) is 16.4 Å². The molecule has 0 bridgehead atoms. The van der Waals surface area contributed by atoms with Gasteiger partial charge in [0.15, 0.2) is 0 Å². The van der Waals surface area contributed by atoms with E-state index in [0.29, 0.717) is 24.1 Å². The van der Waals surface area contributed by atoms with Gasteiger partial charge in [-0.1, -0.05) is 18.2 Å². The van der Waals surface area contributed by atoms with Crippen molar-refractivity contribution in [1.82, 2.24) is 14.7 Å². The van der Waals surface area contributed by atoms with E-state index in [0.717, 1.165) is 16.9 Å². The number of benzene rings is 1. The van der Waals surface area contributed by atoms with Crippen LogP contribution >= 0.6 is 0 Å². The fourth-order valence-electron chi connectivity index (χ4n) is 3.10. The molecule has 0 amide bonds. The monoisotopic (exact) mass is 343 g/mol. The van der Waals surface area contributed by atoms with Crippen LogP contribution in [0.3, 0.4) is 0 Å². The molecule has 1 atom stereocenters. The van der Waals surface area contributed by atoms with E-state index in [-0.39, 0.29) is 10.9 Å². The third kappa shape index (κ3) is 2.55. The summed E-state index contributed by atoms with van der Waals surface area (Å²) in [7, 11) is -3.66. The molecule has 1 aliphatic rings. The first kappa shape index (κ1) is 15.2. The quantitative estimate of drug-likeness (QED) is 0.763. The highest BCUT2D eigenvalue weighted by atomic mass is 32.2. The standard InChI is InChI=1S/C17H17N3O3S/c1-11-4-2-5-12-8-13(10-23-16(11)12)20-24(21,22)15-9-19-17-14(15)6-3-7-18-17/h2-7,9,13,20H,8,10H2,1H3,(H,18,19). The summed E-state index contributed by atoms with van der Waals surface area (Å²) in [5.41, 5.74) is 2.64. The first-order valence-corrected chi connectivity index (χ1v) is 9.18. The molecular formula is C17H17N3O3S. The van der Waals surface area contributed by atoms with Crippen LogP contribution in [0.5, 0.6) is 5.75 Å². The molecule has 1 aromatic carbocycles.